The molecule has 0 bridgehead atoms. The van der Waals surface area contributed by atoms with Crippen molar-refractivity contribution in [2.24, 2.45) is 0 Å². The lowest BCUT2D eigenvalue weighted by atomic mass is 10.1. The predicted molar refractivity (Wildman–Crippen MR) is 177 cm³/mol. The Bertz CT molecular complexity index is 610. The molecule has 0 aliphatic heterocycles. The van der Waals surface area contributed by atoms with Crippen molar-refractivity contribution in [2.45, 2.75) is 174 Å². The number of hydrogen-bond acceptors (Lipinski definition) is 4. The number of allylic oxidation sites excluding steroid dienone is 6. The van der Waals surface area contributed by atoms with Crippen LogP contribution in [0.25, 0.3) is 0 Å². The number of aliphatic hydroxyl groups excluding tert-OH is 1. The average Bonchev–Trinajstić information content (AvgIpc) is 2.98. The molecule has 0 radical (unpaired) electrons. The fraction of sp³-hybridized carbons (Fsp3) is 0.811. The van der Waals surface area contributed by atoms with Crippen molar-refractivity contribution in [1.29, 1.82) is 0 Å². The molecule has 41 heavy (non-hydrogen) atoms. The van der Waals surface area contributed by atoms with Crippen LogP contribution < -0.4 is 0 Å². The van der Waals surface area contributed by atoms with Crippen LogP contribution in [0.15, 0.2) is 36.5 Å². The quantitative estimate of drug-likeness (QED) is 0.0491. The summed E-state index contributed by atoms with van der Waals surface area (Å²) in [4.78, 5) is 12.1. The summed E-state index contributed by atoms with van der Waals surface area (Å²) >= 11 is 0. The highest BCUT2D eigenvalue weighted by Gasteiger charge is 2.13. The molecule has 0 aromatic rings. The van der Waals surface area contributed by atoms with E-state index in [4.69, 9.17) is 9.47 Å². The maximum absolute atomic E-state index is 12.1. The summed E-state index contributed by atoms with van der Waals surface area (Å²) in [6, 6.07) is 0. The molecule has 0 aliphatic carbocycles. The Hall–Kier alpha value is -1.39. The highest BCUT2D eigenvalue weighted by Crippen LogP contribution is 2.11. The molecule has 4 heteroatoms. The van der Waals surface area contributed by atoms with Crippen molar-refractivity contribution >= 4 is 5.97 Å². The van der Waals surface area contributed by atoms with E-state index < -0.39 is 6.10 Å². The van der Waals surface area contributed by atoms with Gasteiger partial charge < -0.3 is 14.6 Å². The molecule has 0 saturated heterocycles. The van der Waals surface area contributed by atoms with Gasteiger partial charge in [0, 0.05) is 13.0 Å². The third kappa shape index (κ3) is 33.0. The Labute approximate surface area is 255 Å². The molecule has 0 aliphatic rings. The first-order chi connectivity index (χ1) is 20.2. The zero-order valence-corrected chi connectivity index (χ0v) is 27.3. The third-order valence-electron chi connectivity index (χ3n) is 7.44. The molecule has 240 valence electrons. The normalized spacial score (nSPS) is 12.8. The molecule has 0 rings (SSSR count). The van der Waals surface area contributed by atoms with Crippen molar-refractivity contribution in [3.8, 4) is 0 Å². The smallest absolute Gasteiger partial charge is 0.306 e. The minimum atomic E-state index is -0.541. The lowest BCUT2D eigenvalue weighted by Crippen LogP contribution is -2.27. The second-order valence-electron chi connectivity index (χ2n) is 11.6. The number of hydrogen-bond donors (Lipinski definition) is 1. The SMILES string of the molecule is CCCCC/C=C\CCCCCCCCOCC(CO)OC(=O)CCCCCCC/C=C\C/C=C\CCCCCC. The van der Waals surface area contributed by atoms with Crippen LogP contribution in [-0.4, -0.2) is 37.0 Å². The standard InChI is InChI=1S/C37H68O4/c1-3-5-7-9-11-13-15-17-18-19-20-22-24-26-28-30-32-37(39)41-36(34-38)35-40-33-31-29-27-25-23-21-16-14-12-10-8-6-4-2/h12-15,18-19,36,38H,3-11,16-17,20-35H2,1-2H3/b14-12-,15-13-,19-18-. The highest BCUT2D eigenvalue weighted by molar-refractivity contribution is 5.69. The van der Waals surface area contributed by atoms with E-state index in [-0.39, 0.29) is 19.2 Å². The van der Waals surface area contributed by atoms with Gasteiger partial charge in [-0.2, -0.15) is 0 Å². The van der Waals surface area contributed by atoms with Gasteiger partial charge in [0.2, 0.25) is 0 Å². The van der Waals surface area contributed by atoms with E-state index in [1.807, 2.05) is 0 Å². The van der Waals surface area contributed by atoms with Crippen LogP contribution in [0.3, 0.4) is 0 Å². The molecule has 4 nitrogen and oxygen atoms in total. The van der Waals surface area contributed by atoms with Gasteiger partial charge in [0.15, 0.2) is 0 Å². The second-order valence-corrected chi connectivity index (χ2v) is 11.6. The van der Waals surface area contributed by atoms with Gasteiger partial charge in [-0.15, -0.1) is 0 Å². The minimum absolute atomic E-state index is 0.180. The largest absolute Gasteiger partial charge is 0.457 e. The summed E-state index contributed by atoms with van der Waals surface area (Å²) in [6.07, 6.45) is 41.7. The number of carbonyl (C=O) groups is 1. The van der Waals surface area contributed by atoms with Crippen LogP contribution in [0.1, 0.15) is 168 Å². The van der Waals surface area contributed by atoms with Crippen molar-refractivity contribution in [2.75, 3.05) is 19.8 Å². The van der Waals surface area contributed by atoms with Crippen molar-refractivity contribution in [1.82, 2.24) is 0 Å². The number of esters is 1. The molecule has 0 fully saturated rings. The lowest BCUT2D eigenvalue weighted by molar-refractivity contribution is -0.154. The molecular weight excluding hydrogens is 508 g/mol. The summed E-state index contributed by atoms with van der Waals surface area (Å²) < 4.78 is 11.1. The Morgan fingerprint density at radius 3 is 1.59 bits per heavy atom. The van der Waals surface area contributed by atoms with E-state index in [1.165, 1.54) is 109 Å². The molecule has 0 amide bonds. The molecule has 0 spiro atoms. The fourth-order valence-electron chi connectivity index (χ4n) is 4.76. The first-order valence-corrected chi connectivity index (χ1v) is 17.6. The molecule has 1 atom stereocenters. The van der Waals surface area contributed by atoms with Gasteiger partial charge in [-0.3, -0.25) is 4.79 Å². The van der Waals surface area contributed by atoms with Crippen LogP contribution in [0, 0.1) is 0 Å². The summed E-state index contributed by atoms with van der Waals surface area (Å²) in [7, 11) is 0. The number of unbranched alkanes of at least 4 members (excludes halogenated alkanes) is 18. The predicted octanol–water partition coefficient (Wildman–Crippen LogP) is 11.0. The van der Waals surface area contributed by atoms with Crippen LogP contribution in [0.4, 0.5) is 0 Å². The van der Waals surface area contributed by atoms with Gasteiger partial charge in [-0.05, 0) is 70.6 Å². The van der Waals surface area contributed by atoms with Gasteiger partial charge >= 0.3 is 5.97 Å². The molecule has 0 saturated carbocycles. The number of ether oxygens (including phenoxy) is 2. The highest BCUT2D eigenvalue weighted by atomic mass is 16.6. The van der Waals surface area contributed by atoms with E-state index in [1.54, 1.807) is 0 Å². The van der Waals surface area contributed by atoms with E-state index in [9.17, 15) is 9.90 Å². The summed E-state index contributed by atoms with van der Waals surface area (Å²) in [5.74, 6) is -0.218. The Morgan fingerprint density at radius 2 is 1.02 bits per heavy atom. The number of rotatable bonds is 32. The van der Waals surface area contributed by atoms with Gasteiger partial charge in [0.25, 0.3) is 0 Å². The second kappa shape index (κ2) is 34.8. The molecule has 1 unspecified atom stereocenters. The molecule has 0 aromatic heterocycles. The maximum Gasteiger partial charge on any atom is 0.306 e. The van der Waals surface area contributed by atoms with Crippen LogP contribution in [0.5, 0.6) is 0 Å². The van der Waals surface area contributed by atoms with E-state index in [0.29, 0.717) is 13.0 Å². The first-order valence-electron chi connectivity index (χ1n) is 17.6. The van der Waals surface area contributed by atoms with Gasteiger partial charge in [-0.25, -0.2) is 0 Å². The third-order valence-corrected chi connectivity index (χ3v) is 7.44. The van der Waals surface area contributed by atoms with Gasteiger partial charge in [-0.1, -0.05) is 127 Å². The minimum Gasteiger partial charge on any atom is -0.457 e. The maximum atomic E-state index is 12.1. The fourth-order valence-corrected chi connectivity index (χ4v) is 4.76. The topological polar surface area (TPSA) is 55.8 Å². The lowest BCUT2D eigenvalue weighted by Gasteiger charge is -2.15. The van der Waals surface area contributed by atoms with E-state index >= 15 is 0 Å². The number of aliphatic hydroxyl groups is 1. The molecule has 0 heterocycles. The van der Waals surface area contributed by atoms with Crippen molar-refractivity contribution in [3.05, 3.63) is 36.5 Å². The van der Waals surface area contributed by atoms with Crippen LogP contribution >= 0.6 is 0 Å². The summed E-state index contributed by atoms with van der Waals surface area (Å²) in [6.45, 7) is 5.28. The monoisotopic (exact) mass is 577 g/mol. The summed E-state index contributed by atoms with van der Waals surface area (Å²) in [5, 5.41) is 9.53. The van der Waals surface area contributed by atoms with Crippen LogP contribution in [0.2, 0.25) is 0 Å². The van der Waals surface area contributed by atoms with E-state index in [0.717, 1.165) is 38.5 Å². The first kappa shape index (κ1) is 39.6. The summed E-state index contributed by atoms with van der Waals surface area (Å²) in [5.41, 5.74) is 0. The van der Waals surface area contributed by atoms with Gasteiger partial charge in [0.05, 0.1) is 13.2 Å². The van der Waals surface area contributed by atoms with E-state index in [2.05, 4.69) is 50.3 Å². The molecular formula is C37H68O4. The van der Waals surface area contributed by atoms with Crippen molar-refractivity contribution in [3.63, 3.8) is 0 Å². The Kier molecular flexibility index (Phi) is 33.6. The zero-order chi connectivity index (χ0) is 29.9. The Morgan fingerprint density at radius 1 is 0.585 bits per heavy atom. The van der Waals surface area contributed by atoms with Gasteiger partial charge in [0.1, 0.15) is 6.10 Å². The number of carbonyl (C=O) groups excluding carboxylic acids is 1. The zero-order valence-electron chi connectivity index (χ0n) is 27.3. The Balaban J connectivity index is 3.50. The average molecular weight is 577 g/mol. The molecule has 1 N–H and O–H groups in total. The van der Waals surface area contributed by atoms with Crippen LogP contribution in [-0.2, 0) is 14.3 Å². The molecule has 0 aromatic carbocycles. The van der Waals surface area contributed by atoms with Crippen molar-refractivity contribution < 1.29 is 19.4 Å².